The van der Waals surface area contributed by atoms with Gasteiger partial charge in [-0.05, 0) is 65.2 Å². The molecule has 1 aliphatic heterocycles. The van der Waals surface area contributed by atoms with Crippen LogP contribution in [-0.4, -0.2) is 39.1 Å². The number of hydrogen-bond acceptors (Lipinski definition) is 4. The number of rotatable bonds is 4. The lowest BCUT2D eigenvalue weighted by atomic mass is 10.2. The maximum absolute atomic E-state index is 6.10. The fourth-order valence-corrected chi connectivity index (χ4v) is 3.41. The Morgan fingerprint density at radius 1 is 1.05 bits per heavy atom. The molecule has 114 valence electrons. The van der Waals surface area contributed by atoms with Crippen molar-refractivity contribution in [3.63, 3.8) is 0 Å². The molecular weight excluding hydrogens is 262 g/mol. The normalized spacial score (nSPS) is 16.1. The zero-order valence-corrected chi connectivity index (χ0v) is 13.3. The van der Waals surface area contributed by atoms with E-state index in [2.05, 4.69) is 33.3 Å². The van der Waals surface area contributed by atoms with Crippen LogP contribution in [-0.2, 0) is 6.54 Å². The van der Waals surface area contributed by atoms with Crippen LogP contribution in [0.25, 0.3) is 11.0 Å². The molecule has 5 nitrogen and oxygen atoms in total. The molecule has 3 heterocycles. The van der Waals surface area contributed by atoms with Crippen LogP contribution in [0, 0.1) is 20.8 Å². The van der Waals surface area contributed by atoms with Gasteiger partial charge in [-0.25, -0.2) is 9.97 Å². The van der Waals surface area contributed by atoms with Gasteiger partial charge in [-0.15, -0.1) is 0 Å². The minimum absolute atomic E-state index is 0.608. The van der Waals surface area contributed by atoms with E-state index < -0.39 is 0 Å². The van der Waals surface area contributed by atoms with Crippen molar-refractivity contribution in [2.45, 2.75) is 46.6 Å². The summed E-state index contributed by atoms with van der Waals surface area (Å²) in [5.74, 6) is 1.36. The Morgan fingerprint density at radius 3 is 2.48 bits per heavy atom. The Hall–Kier alpha value is -1.62. The summed E-state index contributed by atoms with van der Waals surface area (Å²) in [6.07, 6.45) is 3.87. The number of anilines is 1. The molecule has 2 aromatic heterocycles. The number of fused-ring (bicyclic) bond motifs is 1. The highest BCUT2D eigenvalue weighted by molar-refractivity contribution is 5.91. The van der Waals surface area contributed by atoms with Gasteiger partial charge in [-0.1, -0.05) is 0 Å². The number of hydrogen-bond donors (Lipinski definition) is 1. The van der Waals surface area contributed by atoms with E-state index in [1.807, 2.05) is 6.92 Å². The van der Waals surface area contributed by atoms with Crippen LogP contribution in [0.4, 0.5) is 5.82 Å². The van der Waals surface area contributed by atoms with Gasteiger partial charge >= 0.3 is 0 Å². The SMILES string of the molecule is Cc1nc(N)c2c(C)c(C)n(CCCN3CCCC3)c2n1. The third-order valence-corrected chi connectivity index (χ3v) is 4.66. The van der Waals surface area contributed by atoms with E-state index in [0.29, 0.717) is 5.82 Å². The Labute approximate surface area is 126 Å². The second-order valence-corrected chi connectivity index (χ2v) is 6.12. The number of likely N-dealkylation sites (tertiary alicyclic amines) is 1. The fraction of sp³-hybridized carbons (Fsp3) is 0.625. The molecule has 2 N–H and O–H groups in total. The molecule has 0 bridgehead atoms. The maximum atomic E-state index is 6.10. The molecular formula is C16H25N5. The van der Waals surface area contributed by atoms with Crippen LogP contribution in [0.3, 0.4) is 0 Å². The molecule has 0 saturated carbocycles. The summed E-state index contributed by atoms with van der Waals surface area (Å²) in [4.78, 5) is 11.5. The molecule has 0 aromatic carbocycles. The van der Waals surface area contributed by atoms with E-state index in [0.717, 1.165) is 29.8 Å². The van der Waals surface area contributed by atoms with E-state index in [1.165, 1.54) is 43.7 Å². The first kappa shape index (κ1) is 14.3. The van der Waals surface area contributed by atoms with Gasteiger partial charge in [0.15, 0.2) is 0 Å². The predicted molar refractivity (Wildman–Crippen MR) is 86.4 cm³/mol. The average Bonchev–Trinajstić information content (AvgIpc) is 3.01. The van der Waals surface area contributed by atoms with Gasteiger partial charge in [0.05, 0.1) is 5.39 Å². The smallest absolute Gasteiger partial charge is 0.146 e. The van der Waals surface area contributed by atoms with Crippen molar-refractivity contribution >= 4 is 16.9 Å². The second kappa shape index (κ2) is 5.64. The lowest BCUT2D eigenvalue weighted by molar-refractivity contribution is 0.325. The first-order valence-electron chi connectivity index (χ1n) is 7.90. The van der Waals surface area contributed by atoms with E-state index in [-0.39, 0.29) is 0 Å². The first-order chi connectivity index (χ1) is 10.1. The summed E-state index contributed by atoms with van der Waals surface area (Å²) < 4.78 is 2.31. The van der Waals surface area contributed by atoms with Gasteiger partial charge in [-0.2, -0.15) is 0 Å². The van der Waals surface area contributed by atoms with Gasteiger partial charge in [-0.3, -0.25) is 0 Å². The zero-order valence-electron chi connectivity index (χ0n) is 13.3. The van der Waals surface area contributed by atoms with Crippen LogP contribution < -0.4 is 5.73 Å². The van der Waals surface area contributed by atoms with Crippen molar-refractivity contribution in [3.05, 3.63) is 17.1 Å². The average molecular weight is 287 g/mol. The number of nitrogens with zero attached hydrogens (tertiary/aromatic N) is 4. The monoisotopic (exact) mass is 287 g/mol. The van der Waals surface area contributed by atoms with Crippen LogP contribution in [0.15, 0.2) is 0 Å². The van der Waals surface area contributed by atoms with Crippen molar-refractivity contribution in [3.8, 4) is 0 Å². The van der Waals surface area contributed by atoms with E-state index in [4.69, 9.17) is 5.73 Å². The molecule has 2 aromatic rings. The molecule has 0 amide bonds. The largest absolute Gasteiger partial charge is 0.383 e. The van der Waals surface area contributed by atoms with Gasteiger partial charge in [0.25, 0.3) is 0 Å². The summed E-state index contributed by atoms with van der Waals surface area (Å²) in [7, 11) is 0. The highest BCUT2D eigenvalue weighted by Crippen LogP contribution is 2.27. The van der Waals surface area contributed by atoms with E-state index in [1.54, 1.807) is 0 Å². The molecule has 0 radical (unpaired) electrons. The quantitative estimate of drug-likeness (QED) is 0.938. The van der Waals surface area contributed by atoms with Crippen molar-refractivity contribution in [1.82, 2.24) is 19.4 Å². The summed E-state index contributed by atoms with van der Waals surface area (Å²) in [5.41, 5.74) is 9.57. The molecule has 1 aliphatic rings. The summed E-state index contributed by atoms with van der Waals surface area (Å²) in [6.45, 7) is 10.9. The number of nitrogen functional groups attached to an aromatic ring is 1. The van der Waals surface area contributed by atoms with Gasteiger partial charge in [0.1, 0.15) is 17.3 Å². The molecule has 0 unspecified atom stereocenters. The number of aromatic nitrogens is 3. The summed E-state index contributed by atoms with van der Waals surface area (Å²) in [6, 6.07) is 0. The standard InChI is InChI=1S/C16H25N5/c1-11-12(2)21(10-6-9-20-7-4-5-8-20)16-14(11)15(17)18-13(3)19-16/h4-10H2,1-3H3,(H2,17,18,19). The number of nitrogens with two attached hydrogens (primary N) is 1. The third-order valence-electron chi connectivity index (χ3n) is 4.66. The summed E-state index contributed by atoms with van der Waals surface area (Å²) >= 11 is 0. The van der Waals surface area contributed by atoms with E-state index >= 15 is 0 Å². The maximum Gasteiger partial charge on any atom is 0.146 e. The minimum atomic E-state index is 0.608. The van der Waals surface area contributed by atoms with Crippen LogP contribution in [0.5, 0.6) is 0 Å². The lowest BCUT2D eigenvalue weighted by Crippen LogP contribution is -2.21. The summed E-state index contributed by atoms with van der Waals surface area (Å²) in [5, 5.41) is 1.03. The topological polar surface area (TPSA) is 60.0 Å². The highest BCUT2D eigenvalue weighted by Gasteiger charge is 2.16. The van der Waals surface area contributed by atoms with Gasteiger partial charge in [0.2, 0.25) is 0 Å². The van der Waals surface area contributed by atoms with Crippen LogP contribution >= 0.6 is 0 Å². The van der Waals surface area contributed by atoms with Gasteiger partial charge < -0.3 is 15.2 Å². The van der Waals surface area contributed by atoms with Crippen LogP contribution in [0.2, 0.25) is 0 Å². The first-order valence-corrected chi connectivity index (χ1v) is 7.90. The second-order valence-electron chi connectivity index (χ2n) is 6.12. The predicted octanol–water partition coefficient (Wildman–Crippen LogP) is 2.42. The lowest BCUT2D eigenvalue weighted by Gasteiger charge is -2.15. The molecule has 0 aliphatic carbocycles. The van der Waals surface area contributed by atoms with Crippen molar-refractivity contribution in [2.24, 2.45) is 0 Å². The molecule has 21 heavy (non-hydrogen) atoms. The molecule has 5 heteroatoms. The molecule has 0 atom stereocenters. The minimum Gasteiger partial charge on any atom is -0.383 e. The van der Waals surface area contributed by atoms with Gasteiger partial charge in [0, 0.05) is 12.2 Å². The van der Waals surface area contributed by atoms with Crippen LogP contribution in [0.1, 0.15) is 36.3 Å². The Bertz CT molecular complexity index is 652. The Morgan fingerprint density at radius 2 is 1.76 bits per heavy atom. The highest BCUT2D eigenvalue weighted by atomic mass is 15.1. The third kappa shape index (κ3) is 2.62. The fourth-order valence-electron chi connectivity index (χ4n) is 3.41. The Kier molecular flexibility index (Phi) is 3.85. The molecule has 0 spiro atoms. The molecule has 3 rings (SSSR count). The van der Waals surface area contributed by atoms with Crippen molar-refractivity contribution in [2.75, 3.05) is 25.4 Å². The van der Waals surface area contributed by atoms with E-state index in [9.17, 15) is 0 Å². The Balaban J connectivity index is 1.85. The van der Waals surface area contributed by atoms with Crippen molar-refractivity contribution in [1.29, 1.82) is 0 Å². The number of aryl methyl sites for hydroxylation is 3. The zero-order chi connectivity index (χ0) is 15.0. The van der Waals surface area contributed by atoms with Crippen molar-refractivity contribution < 1.29 is 0 Å². The molecule has 1 fully saturated rings. The molecule has 1 saturated heterocycles.